The molecule has 0 atom stereocenters. The van der Waals surface area contributed by atoms with E-state index < -0.39 is 5.60 Å². The molecule has 0 amide bonds. The molecule has 1 aromatic heterocycles. The first-order valence-corrected chi connectivity index (χ1v) is 10.1. The molecule has 142 valence electrons. The van der Waals surface area contributed by atoms with Crippen molar-refractivity contribution in [3.8, 4) is 5.75 Å². The van der Waals surface area contributed by atoms with Crippen LogP contribution in [0.25, 0.3) is 27.8 Å². The summed E-state index contributed by atoms with van der Waals surface area (Å²) in [7, 11) is 0. The molecule has 0 aliphatic carbocycles. The van der Waals surface area contributed by atoms with Crippen molar-refractivity contribution in [2.45, 2.75) is 5.60 Å². The Labute approximate surface area is 175 Å². The molecular weight excluding hydrogens is 366 g/mol. The Kier molecular flexibility index (Phi) is 3.72. The first-order valence-electron chi connectivity index (χ1n) is 10.1. The zero-order chi connectivity index (χ0) is 20.0. The number of ether oxygens (including phenoxy) is 1. The van der Waals surface area contributed by atoms with Gasteiger partial charge in [0.05, 0.1) is 5.52 Å². The molecule has 4 aromatic carbocycles. The largest absolute Gasteiger partial charge is 0.472 e. The molecule has 0 N–H and O–H groups in total. The van der Waals surface area contributed by atoms with Crippen LogP contribution in [-0.2, 0) is 5.60 Å². The van der Waals surface area contributed by atoms with E-state index in [4.69, 9.17) is 9.72 Å². The molecule has 2 nitrogen and oxygen atoms in total. The van der Waals surface area contributed by atoms with Crippen LogP contribution in [0.1, 0.15) is 16.7 Å². The van der Waals surface area contributed by atoms with Crippen LogP contribution in [-0.4, -0.2) is 4.98 Å². The fourth-order valence-electron chi connectivity index (χ4n) is 4.41. The van der Waals surface area contributed by atoms with Crippen LogP contribution in [0, 0.1) is 0 Å². The summed E-state index contributed by atoms with van der Waals surface area (Å²) >= 11 is 0. The zero-order valence-corrected chi connectivity index (χ0v) is 16.3. The third-order valence-corrected chi connectivity index (χ3v) is 5.91. The van der Waals surface area contributed by atoms with Crippen LogP contribution in [0.2, 0.25) is 0 Å². The molecule has 0 bridgehead atoms. The normalized spacial score (nSPS) is 14.4. The van der Waals surface area contributed by atoms with Crippen molar-refractivity contribution in [1.29, 1.82) is 0 Å². The minimum atomic E-state index is -0.685. The summed E-state index contributed by atoms with van der Waals surface area (Å²) in [5.74, 6) is 0.876. The predicted molar refractivity (Wildman–Crippen MR) is 123 cm³/mol. The van der Waals surface area contributed by atoms with Crippen molar-refractivity contribution in [3.63, 3.8) is 0 Å². The quantitative estimate of drug-likeness (QED) is 0.314. The van der Waals surface area contributed by atoms with Crippen LogP contribution >= 0.6 is 0 Å². The molecule has 6 rings (SSSR count). The maximum Gasteiger partial charge on any atom is 0.178 e. The fourth-order valence-corrected chi connectivity index (χ4v) is 4.41. The number of benzene rings is 4. The van der Waals surface area contributed by atoms with E-state index in [0.29, 0.717) is 0 Å². The molecule has 2 heterocycles. The number of rotatable bonds is 2. The number of nitrogens with zero attached hydrogens (tertiary/aromatic N) is 1. The number of hydrogen-bond acceptors (Lipinski definition) is 2. The molecule has 0 saturated heterocycles. The minimum Gasteiger partial charge on any atom is -0.472 e. The summed E-state index contributed by atoms with van der Waals surface area (Å²) in [6.07, 6.45) is 6.20. The van der Waals surface area contributed by atoms with Gasteiger partial charge in [-0.1, -0.05) is 91.0 Å². The summed E-state index contributed by atoms with van der Waals surface area (Å²) < 4.78 is 6.93. The maximum atomic E-state index is 6.93. The second-order valence-corrected chi connectivity index (χ2v) is 7.63. The highest BCUT2D eigenvalue weighted by atomic mass is 16.5. The Balaban J connectivity index is 1.63. The molecule has 0 saturated carbocycles. The molecule has 2 heteroatoms. The maximum absolute atomic E-state index is 6.93. The summed E-state index contributed by atoms with van der Waals surface area (Å²) in [5.41, 5.74) is 3.49. The van der Waals surface area contributed by atoms with E-state index in [1.807, 2.05) is 18.3 Å². The molecule has 30 heavy (non-hydrogen) atoms. The van der Waals surface area contributed by atoms with Gasteiger partial charge in [0.15, 0.2) is 5.60 Å². The summed E-state index contributed by atoms with van der Waals surface area (Å²) in [5, 5.41) is 3.36. The van der Waals surface area contributed by atoms with Gasteiger partial charge < -0.3 is 4.74 Å². The Morgan fingerprint density at radius 3 is 2.03 bits per heavy atom. The highest BCUT2D eigenvalue weighted by molar-refractivity contribution is 6.08. The molecular formula is C28H19NO. The summed E-state index contributed by atoms with van der Waals surface area (Å²) in [6, 6.07) is 33.4. The molecule has 0 radical (unpaired) electrons. The molecule has 0 spiro atoms. The van der Waals surface area contributed by atoms with Crippen LogP contribution in [0.15, 0.2) is 109 Å². The van der Waals surface area contributed by atoms with Gasteiger partial charge in [0, 0.05) is 33.7 Å². The molecule has 0 unspecified atom stereocenters. The first kappa shape index (κ1) is 17.0. The van der Waals surface area contributed by atoms with Gasteiger partial charge in [-0.3, -0.25) is 4.98 Å². The first-order chi connectivity index (χ1) is 14.9. The van der Waals surface area contributed by atoms with Crippen molar-refractivity contribution in [2.75, 3.05) is 0 Å². The lowest BCUT2D eigenvalue weighted by molar-refractivity contribution is 0.163. The van der Waals surface area contributed by atoms with E-state index in [1.54, 1.807) is 0 Å². The van der Waals surface area contributed by atoms with E-state index in [1.165, 1.54) is 5.39 Å². The van der Waals surface area contributed by atoms with Gasteiger partial charge in [-0.25, -0.2) is 0 Å². The van der Waals surface area contributed by atoms with Crippen molar-refractivity contribution in [2.24, 2.45) is 0 Å². The van der Waals surface area contributed by atoms with Gasteiger partial charge >= 0.3 is 0 Å². The number of aromatic nitrogens is 1. The minimum absolute atomic E-state index is 0.685. The lowest BCUT2D eigenvalue weighted by Crippen LogP contribution is -2.34. The average molecular weight is 385 g/mol. The van der Waals surface area contributed by atoms with Crippen LogP contribution in [0.4, 0.5) is 0 Å². The van der Waals surface area contributed by atoms with Crippen molar-refractivity contribution >= 4 is 27.8 Å². The molecule has 1 aliphatic rings. The van der Waals surface area contributed by atoms with Gasteiger partial charge in [-0.15, -0.1) is 0 Å². The van der Waals surface area contributed by atoms with E-state index in [-0.39, 0.29) is 0 Å². The lowest BCUT2D eigenvalue weighted by atomic mass is 9.83. The zero-order valence-electron chi connectivity index (χ0n) is 16.3. The van der Waals surface area contributed by atoms with Gasteiger partial charge in [-0.05, 0) is 23.6 Å². The summed E-state index contributed by atoms with van der Waals surface area (Å²) in [6.45, 7) is 0. The molecule has 5 aromatic rings. The van der Waals surface area contributed by atoms with Crippen LogP contribution in [0.3, 0.4) is 0 Å². The highest BCUT2D eigenvalue weighted by Crippen LogP contribution is 2.45. The van der Waals surface area contributed by atoms with E-state index >= 15 is 0 Å². The van der Waals surface area contributed by atoms with Gasteiger partial charge in [-0.2, -0.15) is 0 Å². The number of hydrogen-bond donors (Lipinski definition) is 0. The Bertz CT molecular complexity index is 1370. The number of fused-ring (bicyclic) bond motifs is 5. The standard InChI is InChI=1S/C28H19NO/c1-3-10-22(11-4-1)28(23-12-5-2-6-13-23)18-17-21-19-29-26-24-14-8-7-9-20(24)15-16-25(26)27(21)30-28/h1-19H. The fraction of sp³-hybridized carbons (Fsp3) is 0.0357. The monoisotopic (exact) mass is 385 g/mol. The van der Waals surface area contributed by atoms with Crippen molar-refractivity contribution < 1.29 is 4.74 Å². The number of pyridine rings is 1. The predicted octanol–water partition coefficient (Wildman–Crippen LogP) is 6.74. The van der Waals surface area contributed by atoms with Gasteiger partial charge in [0.25, 0.3) is 0 Å². The Morgan fingerprint density at radius 1 is 0.633 bits per heavy atom. The van der Waals surface area contributed by atoms with Gasteiger partial charge in [0.2, 0.25) is 0 Å². The lowest BCUT2D eigenvalue weighted by Gasteiger charge is -2.36. The average Bonchev–Trinajstić information content (AvgIpc) is 2.84. The van der Waals surface area contributed by atoms with E-state index in [9.17, 15) is 0 Å². The second kappa shape index (κ2) is 6.57. The Morgan fingerprint density at radius 2 is 1.30 bits per heavy atom. The van der Waals surface area contributed by atoms with Gasteiger partial charge in [0.1, 0.15) is 5.75 Å². The third-order valence-electron chi connectivity index (χ3n) is 5.91. The Hall–Kier alpha value is -3.91. The summed E-state index contributed by atoms with van der Waals surface area (Å²) in [4.78, 5) is 4.78. The topological polar surface area (TPSA) is 22.1 Å². The molecule has 0 fully saturated rings. The van der Waals surface area contributed by atoms with Crippen molar-refractivity contribution in [3.05, 3.63) is 126 Å². The smallest absolute Gasteiger partial charge is 0.178 e. The van der Waals surface area contributed by atoms with Crippen LogP contribution in [0.5, 0.6) is 5.75 Å². The SMILES string of the molecule is C1=CC(c2ccccc2)(c2ccccc2)Oc2c1cnc1c2ccc2ccccc21. The molecule has 1 aliphatic heterocycles. The second-order valence-electron chi connectivity index (χ2n) is 7.63. The highest BCUT2D eigenvalue weighted by Gasteiger charge is 2.37. The van der Waals surface area contributed by atoms with Crippen molar-refractivity contribution in [1.82, 2.24) is 4.98 Å². The third kappa shape index (κ3) is 2.47. The van der Waals surface area contributed by atoms with E-state index in [0.717, 1.165) is 38.7 Å². The van der Waals surface area contributed by atoms with Crippen LogP contribution < -0.4 is 4.74 Å². The van der Waals surface area contributed by atoms with E-state index in [2.05, 4.69) is 97.1 Å².